The largest absolute Gasteiger partial charge is 0.384 e. The highest BCUT2D eigenvalue weighted by atomic mass is 16.1. The molecular formula is C27H36N6O. The Morgan fingerprint density at radius 3 is 2.62 bits per heavy atom. The lowest BCUT2D eigenvalue weighted by Gasteiger charge is -2.27. The fourth-order valence-corrected chi connectivity index (χ4v) is 4.33. The predicted octanol–water partition coefficient (Wildman–Crippen LogP) is 2.90. The van der Waals surface area contributed by atoms with E-state index < -0.39 is 0 Å². The van der Waals surface area contributed by atoms with Crippen LogP contribution in [0.3, 0.4) is 0 Å². The molecule has 1 aliphatic heterocycles. The van der Waals surface area contributed by atoms with E-state index in [2.05, 4.69) is 69.1 Å². The molecule has 0 unspecified atom stereocenters. The molecule has 0 radical (unpaired) electrons. The molecule has 1 fully saturated rings. The Kier molecular flexibility index (Phi) is 8.46. The van der Waals surface area contributed by atoms with Crippen LogP contribution >= 0.6 is 0 Å². The van der Waals surface area contributed by atoms with Crippen molar-refractivity contribution < 1.29 is 4.79 Å². The van der Waals surface area contributed by atoms with Crippen LogP contribution in [0.1, 0.15) is 16.8 Å². The Labute approximate surface area is 202 Å². The highest BCUT2D eigenvalue weighted by molar-refractivity contribution is 6.07. The zero-order valence-corrected chi connectivity index (χ0v) is 20.3. The first-order chi connectivity index (χ1) is 16.6. The molecule has 4 rings (SSSR count). The maximum absolute atomic E-state index is 13.2. The SMILES string of the molecule is CN(C)CCCNc1c(C(=O)NCCN2CCNCC2)cnc2ccc(-c3ccccc3)cc12. The summed E-state index contributed by atoms with van der Waals surface area (Å²) < 4.78 is 0. The second-order valence-electron chi connectivity index (χ2n) is 9.08. The standard InChI is InChI=1S/C27H36N6O/c1-32(2)15-6-11-29-26-23-19-22(21-7-4-3-5-8-21)9-10-25(23)31-20-24(26)27(34)30-14-18-33-16-12-28-13-17-33/h3-5,7-10,19-20,28H,6,11-18H2,1-2H3,(H,29,31)(H,30,34). The van der Waals surface area contributed by atoms with E-state index in [1.165, 1.54) is 0 Å². The lowest BCUT2D eigenvalue weighted by atomic mass is 10.0. The second kappa shape index (κ2) is 11.9. The van der Waals surface area contributed by atoms with Crippen LogP contribution in [0.5, 0.6) is 0 Å². The van der Waals surface area contributed by atoms with Crippen LogP contribution in [0.4, 0.5) is 5.69 Å². The fraction of sp³-hybridized carbons (Fsp3) is 0.407. The van der Waals surface area contributed by atoms with E-state index in [1.807, 2.05) is 24.3 Å². The van der Waals surface area contributed by atoms with Crippen LogP contribution in [0.2, 0.25) is 0 Å². The van der Waals surface area contributed by atoms with Crippen molar-refractivity contribution in [2.45, 2.75) is 6.42 Å². The van der Waals surface area contributed by atoms with Crippen LogP contribution < -0.4 is 16.0 Å². The molecule has 0 aliphatic carbocycles. The van der Waals surface area contributed by atoms with Crippen LogP contribution in [0.25, 0.3) is 22.0 Å². The summed E-state index contributed by atoms with van der Waals surface area (Å²) in [5.74, 6) is -0.0789. The average Bonchev–Trinajstić information content (AvgIpc) is 2.87. The molecule has 1 saturated heterocycles. The van der Waals surface area contributed by atoms with Gasteiger partial charge in [0.1, 0.15) is 0 Å². The van der Waals surface area contributed by atoms with Crippen LogP contribution in [0.15, 0.2) is 54.7 Å². The third-order valence-electron chi connectivity index (χ3n) is 6.23. The minimum absolute atomic E-state index is 0.0789. The van der Waals surface area contributed by atoms with Gasteiger partial charge in [0.05, 0.1) is 16.8 Å². The van der Waals surface area contributed by atoms with Gasteiger partial charge in [-0.25, -0.2) is 0 Å². The van der Waals surface area contributed by atoms with Gasteiger partial charge in [-0.15, -0.1) is 0 Å². The molecule has 1 aromatic heterocycles. The van der Waals surface area contributed by atoms with Gasteiger partial charge in [0, 0.05) is 57.4 Å². The molecular weight excluding hydrogens is 424 g/mol. The third-order valence-corrected chi connectivity index (χ3v) is 6.23. The molecule has 34 heavy (non-hydrogen) atoms. The molecule has 0 atom stereocenters. The van der Waals surface area contributed by atoms with Gasteiger partial charge < -0.3 is 20.9 Å². The summed E-state index contributed by atoms with van der Waals surface area (Å²) in [7, 11) is 4.15. The third kappa shape index (κ3) is 6.32. The molecule has 7 nitrogen and oxygen atoms in total. The van der Waals surface area contributed by atoms with Gasteiger partial charge in [0.2, 0.25) is 0 Å². The monoisotopic (exact) mass is 460 g/mol. The summed E-state index contributed by atoms with van der Waals surface area (Å²) in [4.78, 5) is 22.4. The molecule has 2 aromatic carbocycles. The van der Waals surface area contributed by atoms with E-state index in [-0.39, 0.29) is 5.91 Å². The van der Waals surface area contributed by atoms with Gasteiger partial charge in [0.25, 0.3) is 5.91 Å². The number of amides is 1. The molecule has 1 aliphatic rings. The van der Waals surface area contributed by atoms with E-state index >= 15 is 0 Å². The minimum atomic E-state index is -0.0789. The predicted molar refractivity (Wildman–Crippen MR) is 140 cm³/mol. The van der Waals surface area contributed by atoms with Crippen molar-refractivity contribution in [2.75, 3.05) is 71.8 Å². The molecule has 3 aromatic rings. The van der Waals surface area contributed by atoms with Crippen molar-refractivity contribution >= 4 is 22.5 Å². The van der Waals surface area contributed by atoms with Crippen LogP contribution in [-0.2, 0) is 0 Å². The first-order valence-corrected chi connectivity index (χ1v) is 12.2. The van der Waals surface area contributed by atoms with Crippen LogP contribution in [-0.4, -0.2) is 87.1 Å². The van der Waals surface area contributed by atoms with Crippen molar-refractivity contribution in [1.82, 2.24) is 25.4 Å². The first-order valence-electron chi connectivity index (χ1n) is 12.2. The number of hydrogen-bond donors (Lipinski definition) is 3. The molecule has 3 N–H and O–H groups in total. The summed E-state index contributed by atoms with van der Waals surface area (Å²) in [5.41, 5.74) is 4.60. The number of anilines is 1. The summed E-state index contributed by atoms with van der Waals surface area (Å²) in [5, 5.41) is 11.0. The maximum Gasteiger partial charge on any atom is 0.255 e. The number of hydrogen-bond acceptors (Lipinski definition) is 6. The zero-order valence-electron chi connectivity index (χ0n) is 20.3. The van der Waals surface area contributed by atoms with Gasteiger partial charge in [-0.1, -0.05) is 36.4 Å². The quantitative estimate of drug-likeness (QED) is 0.404. The van der Waals surface area contributed by atoms with E-state index in [0.717, 1.165) is 80.0 Å². The number of aromatic nitrogens is 1. The smallest absolute Gasteiger partial charge is 0.255 e. The molecule has 1 amide bonds. The van der Waals surface area contributed by atoms with Crippen molar-refractivity contribution in [2.24, 2.45) is 0 Å². The molecule has 0 bridgehead atoms. The van der Waals surface area contributed by atoms with Gasteiger partial charge in [-0.05, 0) is 50.3 Å². The normalized spacial score (nSPS) is 14.4. The Balaban J connectivity index is 1.57. The Bertz CT molecular complexity index is 1080. The first kappa shape index (κ1) is 24.1. The fourth-order valence-electron chi connectivity index (χ4n) is 4.33. The van der Waals surface area contributed by atoms with Gasteiger partial charge in [-0.2, -0.15) is 0 Å². The van der Waals surface area contributed by atoms with Crippen molar-refractivity contribution in [3.05, 3.63) is 60.3 Å². The Hall–Kier alpha value is -3.00. The van der Waals surface area contributed by atoms with E-state index in [0.29, 0.717) is 12.1 Å². The lowest BCUT2D eigenvalue weighted by Crippen LogP contribution is -2.46. The van der Waals surface area contributed by atoms with Crippen molar-refractivity contribution in [3.8, 4) is 11.1 Å². The summed E-state index contributed by atoms with van der Waals surface area (Å²) in [6, 6.07) is 16.6. The number of nitrogens with zero attached hydrogens (tertiary/aromatic N) is 3. The number of carbonyl (C=O) groups excluding carboxylic acids is 1. The van der Waals surface area contributed by atoms with E-state index in [9.17, 15) is 4.79 Å². The van der Waals surface area contributed by atoms with E-state index in [4.69, 9.17) is 0 Å². The number of piperazine rings is 1. The molecule has 2 heterocycles. The Morgan fingerprint density at radius 1 is 1.06 bits per heavy atom. The number of rotatable bonds is 10. The van der Waals surface area contributed by atoms with Crippen molar-refractivity contribution in [1.29, 1.82) is 0 Å². The molecule has 0 spiro atoms. The zero-order chi connectivity index (χ0) is 23.8. The minimum Gasteiger partial charge on any atom is -0.384 e. The number of nitrogens with one attached hydrogen (secondary N) is 3. The van der Waals surface area contributed by atoms with Gasteiger partial charge in [0.15, 0.2) is 0 Å². The lowest BCUT2D eigenvalue weighted by molar-refractivity contribution is 0.0948. The summed E-state index contributed by atoms with van der Waals surface area (Å²) >= 11 is 0. The highest BCUT2D eigenvalue weighted by Gasteiger charge is 2.17. The van der Waals surface area contributed by atoms with E-state index in [1.54, 1.807) is 6.20 Å². The number of benzene rings is 2. The topological polar surface area (TPSA) is 72.5 Å². The molecule has 0 saturated carbocycles. The number of carbonyl (C=O) groups is 1. The highest BCUT2D eigenvalue weighted by Crippen LogP contribution is 2.30. The summed E-state index contributed by atoms with van der Waals surface area (Å²) in [6.07, 6.45) is 2.69. The second-order valence-corrected chi connectivity index (χ2v) is 9.08. The molecule has 180 valence electrons. The molecule has 7 heteroatoms. The van der Waals surface area contributed by atoms with Gasteiger partial charge in [-0.3, -0.25) is 14.7 Å². The Morgan fingerprint density at radius 2 is 1.85 bits per heavy atom. The van der Waals surface area contributed by atoms with Gasteiger partial charge >= 0.3 is 0 Å². The van der Waals surface area contributed by atoms with Crippen molar-refractivity contribution in [3.63, 3.8) is 0 Å². The average molecular weight is 461 g/mol. The van der Waals surface area contributed by atoms with Crippen LogP contribution in [0, 0.1) is 0 Å². The number of pyridine rings is 1. The number of fused-ring (bicyclic) bond motifs is 1. The summed E-state index contributed by atoms with van der Waals surface area (Å²) in [6.45, 7) is 7.31. The maximum atomic E-state index is 13.2.